The lowest BCUT2D eigenvalue weighted by molar-refractivity contribution is -0.129. The van der Waals surface area contributed by atoms with Gasteiger partial charge in [0, 0.05) is 18.8 Å². The van der Waals surface area contributed by atoms with E-state index in [4.69, 9.17) is 4.74 Å². The summed E-state index contributed by atoms with van der Waals surface area (Å²) in [5.41, 5.74) is 2.95. The van der Waals surface area contributed by atoms with Crippen LogP contribution in [0.1, 0.15) is 64.7 Å². The summed E-state index contributed by atoms with van der Waals surface area (Å²) in [7, 11) is 2.17. The summed E-state index contributed by atoms with van der Waals surface area (Å²) in [5.74, 6) is 2.53. The van der Waals surface area contributed by atoms with Crippen molar-refractivity contribution in [3.8, 4) is 16.9 Å². The van der Waals surface area contributed by atoms with Crippen LogP contribution in [0, 0.1) is 17.3 Å². The second-order valence-corrected chi connectivity index (χ2v) is 11.3. The zero-order valence-electron chi connectivity index (χ0n) is 20.9. The zero-order valence-corrected chi connectivity index (χ0v) is 20.9. The Morgan fingerprint density at radius 2 is 1.76 bits per heavy atom. The first-order valence-corrected chi connectivity index (χ1v) is 13.4. The Hall–Kier alpha value is -2.33. The molecule has 1 aliphatic heterocycles. The lowest BCUT2D eigenvalue weighted by Gasteiger charge is -2.41. The first-order chi connectivity index (χ1) is 16.5. The molecule has 4 heteroatoms. The van der Waals surface area contributed by atoms with E-state index in [1.54, 1.807) is 0 Å². The fourth-order valence-corrected chi connectivity index (χ4v) is 6.74. The highest BCUT2D eigenvalue weighted by molar-refractivity contribution is 5.96. The third-order valence-electron chi connectivity index (χ3n) is 8.41. The van der Waals surface area contributed by atoms with Crippen LogP contribution < -0.4 is 10.1 Å². The molecule has 3 unspecified atom stereocenters. The molecule has 3 fully saturated rings. The Bertz CT molecular complexity index is 997. The number of ether oxygens (including phenoxy) is 1. The SMILES string of the molecule is CC1CC2CCCCC(C(=O)Nc3cccc(-c4cccc(OC5CCN(C)CC5)c4)c3)(C1)C2. The highest BCUT2D eigenvalue weighted by Crippen LogP contribution is 2.50. The topological polar surface area (TPSA) is 41.6 Å². The van der Waals surface area contributed by atoms with Crippen molar-refractivity contribution in [1.29, 1.82) is 0 Å². The molecule has 182 valence electrons. The van der Waals surface area contributed by atoms with E-state index in [0.717, 1.165) is 73.7 Å². The molecule has 5 rings (SSSR count). The maximum atomic E-state index is 13.6. The van der Waals surface area contributed by atoms with Crippen molar-refractivity contribution in [1.82, 2.24) is 4.90 Å². The van der Waals surface area contributed by atoms with Crippen LogP contribution in [-0.4, -0.2) is 37.0 Å². The van der Waals surface area contributed by atoms with Gasteiger partial charge >= 0.3 is 0 Å². The first kappa shape index (κ1) is 23.4. The minimum Gasteiger partial charge on any atom is -0.490 e. The number of nitrogens with zero attached hydrogens (tertiary/aromatic N) is 1. The van der Waals surface area contributed by atoms with E-state index in [1.807, 2.05) is 12.1 Å². The summed E-state index contributed by atoms with van der Waals surface area (Å²) in [5, 5.41) is 3.33. The van der Waals surface area contributed by atoms with Crippen molar-refractivity contribution >= 4 is 11.6 Å². The predicted molar refractivity (Wildman–Crippen MR) is 139 cm³/mol. The van der Waals surface area contributed by atoms with Crippen molar-refractivity contribution in [2.45, 2.75) is 70.8 Å². The van der Waals surface area contributed by atoms with E-state index in [1.165, 1.54) is 25.7 Å². The minimum absolute atomic E-state index is 0.184. The number of carbonyl (C=O) groups excluding carboxylic acids is 1. The smallest absolute Gasteiger partial charge is 0.230 e. The highest BCUT2D eigenvalue weighted by Gasteiger charge is 2.45. The molecule has 1 amide bonds. The lowest BCUT2D eigenvalue weighted by Crippen LogP contribution is -2.41. The molecule has 2 aromatic carbocycles. The summed E-state index contributed by atoms with van der Waals surface area (Å²) in [4.78, 5) is 16.0. The molecule has 1 N–H and O–H groups in total. The average molecular weight is 461 g/mol. The second kappa shape index (κ2) is 10.1. The summed E-state index contributed by atoms with van der Waals surface area (Å²) in [6.45, 7) is 4.51. The molecule has 34 heavy (non-hydrogen) atoms. The van der Waals surface area contributed by atoms with Gasteiger partial charge in [-0.3, -0.25) is 4.79 Å². The average Bonchev–Trinajstić information content (AvgIpc) is 2.99. The van der Waals surface area contributed by atoms with Gasteiger partial charge in [0.05, 0.1) is 5.41 Å². The third kappa shape index (κ3) is 5.33. The number of piperidine rings is 1. The zero-order chi connectivity index (χ0) is 23.5. The number of benzene rings is 2. The van der Waals surface area contributed by atoms with E-state index < -0.39 is 0 Å². The second-order valence-electron chi connectivity index (χ2n) is 11.3. The van der Waals surface area contributed by atoms with Crippen molar-refractivity contribution in [2.75, 3.05) is 25.5 Å². The Morgan fingerprint density at radius 3 is 2.59 bits per heavy atom. The van der Waals surface area contributed by atoms with Gasteiger partial charge in [-0.15, -0.1) is 0 Å². The number of hydrogen-bond acceptors (Lipinski definition) is 3. The number of hydrogen-bond donors (Lipinski definition) is 1. The van der Waals surface area contributed by atoms with Gasteiger partial charge in [0.15, 0.2) is 0 Å². The number of rotatable bonds is 5. The summed E-state index contributed by atoms with van der Waals surface area (Å²) in [6.07, 6.45) is 10.6. The van der Waals surface area contributed by atoms with Crippen molar-refractivity contribution in [2.24, 2.45) is 17.3 Å². The molecule has 0 aromatic heterocycles. The minimum atomic E-state index is -0.184. The maximum Gasteiger partial charge on any atom is 0.230 e. The predicted octanol–water partition coefficient (Wildman–Crippen LogP) is 6.76. The number of anilines is 1. The molecule has 2 aliphatic carbocycles. The monoisotopic (exact) mass is 460 g/mol. The summed E-state index contributed by atoms with van der Waals surface area (Å²) >= 11 is 0. The van der Waals surface area contributed by atoms with Crippen LogP contribution in [0.25, 0.3) is 11.1 Å². The van der Waals surface area contributed by atoms with Gasteiger partial charge in [-0.2, -0.15) is 0 Å². The largest absolute Gasteiger partial charge is 0.490 e. The van der Waals surface area contributed by atoms with E-state index in [0.29, 0.717) is 5.92 Å². The molecule has 3 aliphatic rings. The molecule has 2 saturated carbocycles. The Morgan fingerprint density at radius 1 is 1.00 bits per heavy atom. The summed E-state index contributed by atoms with van der Waals surface area (Å²) < 4.78 is 6.31. The molecular formula is C30H40N2O2. The number of likely N-dealkylation sites (tertiary alicyclic amines) is 1. The molecule has 1 saturated heterocycles. The van der Waals surface area contributed by atoms with Crippen molar-refractivity contribution in [3.63, 3.8) is 0 Å². The maximum absolute atomic E-state index is 13.6. The number of amides is 1. The molecule has 4 nitrogen and oxygen atoms in total. The van der Waals surface area contributed by atoms with Gasteiger partial charge < -0.3 is 15.0 Å². The van der Waals surface area contributed by atoms with Crippen LogP contribution in [0.15, 0.2) is 48.5 Å². The van der Waals surface area contributed by atoms with Crippen LogP contribution >= 0.6 is 0 Å². The highest BCUT2D eigenvalue weighted by atomic mass is 16.5. The van der Waals surface area contributed by atoms with Crippen LogP contribution in [0.4, 0.5) is 5.69 Å². The molecule has 3 atom stereocenters. The van der Waals surface area contributed by atoms with Crippen molar-refractivity contribution in [3.05, 3.63) is 48.5 Å². The van der Waals surface area contributed by atoms with Gasteiger partial charge in [0.1, 0.15) is 11.9 Å². The van der Waals surface area contributed by atoms with E-state index >= 15 is 0 Å². The van der Waals surface area contributed by atoms with Gasteiger partial charge in [0.2, 0.25) is 5.91 Å². The lowest BCUT2D eigenvalue weighted by atomic mass is 9.64. The third-order valence-corrected chi connectivity index (χ3v) is 8.41. The van der Waals surface area contributed by atoms with Gasteiger partial charge in [-0.1, -0.05) is 50.5 Å². The first-order valence-electron chi connectivity index (χ1n) is 13.4. The van der Waals surface area contributed by atoms with E-state index in [9.17, 15) is 4.79 Å². The quantitative estimate of drug-likeness (QED) is 0.536. The normalized spacial score (nSPS) is 28.2. The molecule has 2 bridgehead atoms. The fourth-order valence-electron chi connectivity index (χ4n) is 6.74. The Labute approximate surface area is 205 Å². The van der Waals surface area contributed by atoms with Crippen LogP contribution in [0.5, 0.6) is 5.75 Å². The number of carbonyl (C=O) groups is 1. The van der Waals surface area contributed by atoms with E-state index in [2.05, 4.69) is 60.6 Å². The Kier molecular flexibility index (Phi) is 6.96. The number of nitrogens with one attached hydrogen (secondary N) is 1. The van der Waals surface area contributed by atoms with Gasteiger partial charge in [0.25, 0.3) is 0 Å². The fraction of sp³-hybridized carbons (Fsp3) is 0.567. The standard InChI is InChI=1S/C30H40N2O2/c1-22-17-23-7-3-4-14-30(20-22,21-23)29(33)31-26-10-5-8-24(18-26)25-9-6-11-28(19-25)34-27-12-15-32(2)16-13-27/h5-6,8-11,18-19,22-23,27H,3-4,7,12-17,20-21H2,1-2H3,(H,31,33). The van der Waals surface area contributed by atoms with Crippen LogP contribution in [0.2, 0.25) is 0 Å². The van der Waals surface area contributed by atoms with Crippen LogP contribution in [0.3, 0.4) is 0 Å². The van der Waals surface area contributed by atoms with Crippen LogP contribution in [-0.2, 0) is 4.79 Å². The molecule has 0 spiro atoms. The number of fused-ring (bicyclic) bond motifs is 2. The van der Waals surface area contributed by atoms with Gasteiger partial charge in [-0.25, -0.2) is 0 Å². The Balaban J connectivity index is 1.30. The molecular weight excluding hydrogens is 420 g/mol. The summed E-state index contributed by atoms with van der Waals surface area (Å²) in [6, 6.07) is 16.7. The molecule has 1 heterocycles. The van der Waals surface area contributed by atoms with Crippen molar-refractivity contribution < 1.29 is 9.53 Å². The molecule has 0 radical (unpaired) electrons. The van der Waals surface area contributed by atoms with Gasteiger partial charge in [-0.05, 0) is 92.8 Å². The van der Waals surface area contributed by atoms with E-state index in [-0.39, 0.29) is 17.4 Å². The molecule has 2 aromatic rings.